The average molecular weight is 576 g/mol. The summed E-state index contributed by atoms with van der Waals surface area (Å²) in [5.74, 6) is 0.976. The zero-order valence-electron chi connectivity index (χ0n) is 23.7. The third-order valence-corrected chi connectivity index (χ3v) is 14.2. The van der Waals surface area contributed by atoms with Crippen LogP contribution in [0.2, 0.25) is 6.04 Å². The fourth-order valence-electron chi connectivity index (χ4n) is 5.18. The molecule has 4 aromatic carbocycles. The first-order valence-corrected chi connectivity index (χ1v) is 17.8. The van der Waals surface area contributed by atoms with Crippen LogP contribution >= 0.6 is 7.26 Å². The molecule has 0 unspecified atom stereocenters. The standard InChI is InChI=1S/C33H39O5PSi/c1-4-36-40(37-5-2,38-6-3)26-16-25-35-32-24-23-28(34)27-33(32)39(29-17-10-7-11-18-29,30-19-12-8-13-20-30)31-21-14-9-15-22-31/h7-15,17-24,27H,4-6,16,25-26H2,1-3H3/p+1. The van der Waals surface area contributed by atoms with E-state index in [9.17, 15) is 5.11 Å². The molecule has 4 rings (SSSR count). The number of rotatable bonds is 15. The molecule has 0 saturated carbocycles. The van der Waals surface area contributed by atoms with Crippen molar-refractivity contribution in [3.05, 3.63) is 109 Å². The van der Waals surface area contributed by atoms with Crippen molar-refractivity contribution in [1.82, 2.24) is 0 Å². The number of phenols is 1. The van der Waals surface area contributed by atoms with Gasteiger partial charge < -0.3 is 23.1 Å². The highest BCUT2D eigenvalue weighted by Gasteiger charge is 2.50. The molecule has 210 valence electrons. The lowest BCUT2D eigenvalue weighted by molar-refractivity contribution is 0.0697. The molecule has 0 aliphatic heterocycles. The maximum Gasteiger partial charge on any atom is 0.501 e. The van der Waals surface area contributed by atoms with Crippen LogP contribution in [0.25, 0.3) is 0 Å². The van der Waals surface area contributed by atoms with Gasteiger partial charge in [-0.3, -0.25) is 0 Å². The van der Waals surface area contributed by atoms with Gasteiger partial charge in [-0.1, -0.05) is 54.6 Å². The van der Waals surface area contributed by atoms with Crippen LogP contribution in [0.3, 0.4) is 0 Å². The fourth-order valence-corrected chi connectivity index (χ4v) is 12.1. The second-order valence-electron chi connectivity index (χ2n) is 9.26. The van der Waals surface area contributed by atoms with E-state index in [0.717, 1.165) is 17.5 Å². The van der Waals surface area contributed by atoms with Crippen LogP contribution in [0.15, 0.2) is 109 Å². The van der Waals surface area contributed by atoms with Crippen LogP contribution in [0, 0.1) is 0 Å². The summed E-state index contributed by atoms with van der Waals surface area (Å²) in [7, 11) is -5.20. The summed E-state index contributed by atoms with van der Waals surface area (Å²) < 4.78 is 24.7. The topological polar surface area (TPSA) is 57.2 Å². The van der Waals surface area contributed by atoms with Gasteiger partial charge in [0.1, 0.15) is 28.9 Å². The summed E-state index contributed by atoms with van der Waals surface area (Å²) in [5, 5.41) is 15.4. The summed E-state index contributed by atoms with van der Waals surface area (Å²) in [5.41, 5.74) is 0. The summed E-state index contributed by atoms with van der Waals surface area (Å²) in [6, 6.07) is 37.9. The Morgan fingerprint density at radius 3 is 1.50 bits per heavy atom. The highest BCUT2D eigenvalue weighted by molar-refractivity contribution is 8.01. The molecule has 40 heavy (non-hydrogen) atoms. The van der Waals surface area contributed by atoms with Gasteiger partial charge in [-0.25, -0.2) is 0 Å². The number of aromatic hydroxyl groups is 1. The van der Waals surface area contributed by atoms with Gasteiger partial charge >= 0.3 is 8.80 Å². The van der Waals surface area contributed by atoms with Crippen molar-refractivity contribution in [2.75, 3.05) is 26.4 Å². The van der Waals surface area contributed by atoms with Crippen LogP contribution in [-0.2, 0) is 13.3 Å². The van der Waals surface area contributed by atoms with Gasteiger partial charge in [0, 0.05) is 31.9 Å². The molecule has 5 nitrogen and oxygen atoms in total. The molecule has 0 heterocycles. The molecule has 7 heteroatoms. The summed E-state index contributed by atoms with van der Waals surface area (Å²) in [6.45, 7) is 8.03. The normalized spacial score (nSPS) is 11.9. The maximum absolute atomic E-state index is 10.8. The Labute approximate surface area is 240 Å². The van der Waals surface area contributed by atoms with Gasteiger partial charge in [-0.2, -0.15) is 0 Å². The minimum Gasteiger partial charge on any atom is -0.508 e. The minimum absolute atomic E-state index is 0.213. The van der Waals surface area contributed by atoms with Crippen LogP contribution in [0.1, 0.15) is 27.2 Å². The van der Waals surface area contributed by atoms with Crippen LogP contribution in [0.4, 0.5) is 0 Å². The summed E-state index contributed by atoms with van der Waals surface area (Å²) >= 11 is 0. The number of hydrogen-bond donors (Lipinski definition) is 1. The number of ether oxygens (including phenoxy) is 1. The Bertz CT molecular complexity index is 1190. The molecule has 0 aliphatic carbocycles. The molecule has 0 radical (unpaired) electrons. The van der Waals surface area contributed by atoms with Crippen molar-refractivity contribution in [2.45, 2.75) is 33.2 Å². The largest absolute Gasteiger partial charge is 0.508 e. The highest BCUT2D eigenvalue weighted by Crippen LogP contribution is 2.56. The number of hydrogen-bond acceptors (Lipinski definition) is 5. The van der Waals surface area contributed by atoms with E-state index < -0.39 is 16.1 Å². The van der Waals surface area contributed by atoms with Gasteiger partial charge in [-0.15, -0.1) is 0 Å². The van der Waals surface area contributed by atoms with Crippen molar-refractivity contribution >= 4 is 37.3 Å². The van der Waals surface area contributed by atoms with Crippen molar-refractivity contribution in [3.8, 4) is 11.5 Å². The lowest BCUT2D eigenvalue weighted by Gasteiger charge is -2.29. The molecular formula is C33H40O5PSi+. The Hall–Kier alpha value is -2.99. The van der Waals surface area contributed by atoms with Gasteiger partial charge in [0.15, 0.2) is 11.1 Å². The van der Waals surface area contributed by atoms with E-state index in [1.54, 1.807) is 6.07 Å². The monoisotopic (exact) mass is 575 g/mol. The maximum atomic E-state index is 10.8. The smallest absolute Gasteiger partial charge is 0.501 e. The van der Waals surface area contributed by atoms with Gasteiger partial charge in [0.25, 0.3) is 0 Å². The molecular weight excluding hydrogens is 535 g/mol. The van der Waals surface area contributed by atoms with E-state index >= 15 is 0 Å². The Morgan fingerprint density at radius 2 is 1.07 bits per heavy atom. The molecule has 0 amide bonds. The van der Waals surface area contributed by atoms with Gasteiger partial charge in [0.2, 0.25) is 0 Å². The van der Waals surface area contributed by atoms with E-state index in [1.807, 2.05) is 51.1 Å². The Kier molecular flexibility index (Phi) is 10.9. The number of benzene rings is 4. The molecule has 1 N–H and O–H groups in total. The fraction of sp³-hybridized carbons (Fsp3) is 0.273. The Balaban J connectivity index is 1.78. The molecule has 0 saturated heterocycles. The first-order chi connectivity index (χ1) is 19.6. The molecule has 4 aromatic rings. The van der Waals surface area contributed by atoms with Crippen molar-refractivity contribution in [3.63, 3.8) is 0 Å². The van der Waals surface area contributed by atoms with Crippen molar-refractivity contribution in [1.29, 1.82) is 0 Å². The predicted molar refractivity (Wildman–Crippen MR) is 168 cm³/mol. The van der Waals surface area contributed by atoms with Crippen LogP contribution in [-0.4, -0.2) is 40.3 Å². The van der Waals surface area contributed by atoms with Crippen molar-refractivity contribution < 1.29 is 23.1 Å². The first kappa shape index (κ1) is 30.0. The molecule has 0 fully saturated rings. The first-order valence-electron chi connectivity index (χ1n) is 14.0. The van der Waals surface area contributed by atoms with Crippen molar-refractivity contribution in [2.24, 2.45) is 0 Å². The molecule has 0 aromatic heterocycles. The molecule has 0 aliphatic rings. The lowest BCUT2D eigenvalue weighted by atomic mass is 10.3. The molecule has 0 atom stereocenters. The Morgan fingerprint density at radius 1 is 0.625 bits per heavy atom. The second kappa shape index (κ2) is 14.6. The highest BCUT2D eigenvalue weighted by atomic mass is 31.2. The van der Waals surface area contributed by atoms with Gasteiger partial charge in [0.05, 0.1) is 6.61 Å². The van der Waals surface area contributed by atoms with Crippen LogP contribution < -0.4 is 26.0 Å². The van der Waals surface area contributed by atoms with E-state index in [-0.39, 0.29) is 5.75 Å². The zero-order chi connectivity index (χ0) is 28.3. The molecule has 0 spiro atoms. The van der Waals surface area contributed by atoms with Crippen LogP contribution in [0.5, 0.6) is 11.5 Å². The zero-order valence-corrected chi connectivity index (χ0v) is 25.6. The summed E-state index contributed by atoms with van der Waals surface area (Å²) in [4.78, 5) is 0. The quantitative estimate of drug-likeness (QED) is 0.110. The summed E-state index contributed by atoms with van der Waals surface area (Å²) in [6.07, 6.45) is 0.722. The number of phenolic OH excluding ortho intramolecular Hbond substituents is 1. The van der Waals surface area contributed by atoms with E-state index in [1.165, 1.54) is 15.9 Å². The second-order valence-corrected chi connectivity index (χ2v) is 15.4. The van der Waals surface area contributed by atoms with E-state index in [0.29, 0.717) is 32.5 Å². The lowest BCUT2D eigenvalue weighted by Crippen LogP contribution is -2.46. The van der Waals surface area contributed by atoms with Gasteiger partial charge in [-0.05, 0) is 75.7 Å². The average Bonchev–Trinajstić information content (AvgIpc) is 2.99. The van der Waals surface area contributed by atoms with E-state index in [4.69, 9.17) is 18.0 Å². The SMILES string of the molecule is CCO[Si](CCCOc1ccc(O)cc1[P+](c1ccccc1)(c1ccccc1)c1ccccc1)(OCC)OCC. The molecule has 0 bridgehead atoms. The minimum atomic E-state index is -2.76. The third kappa shape index (κ3) is 6.65. The van der Waals surface area contributed by atoms with E-state index in [2.05, 4.69) is 72.8 Å². The predicted octanol–water partition coefficient (Wildman–Crippen LogP) is 5.83. The third-order valence-electron chi connectivity index (χ3n) is 6.71.